The van der Waals surface area contributed by atoms with E-state index >= 15 is 0 Å². The van der Waals surface area contributed by atoms with Crippen molar-refractivity contribution >= 4 is 52.8 Å². The molecule has 0 saturated heterocycles. The predicted octanol–water partition coefficient (Wildman–Crippen LogP) is -5.50. The summed E-state index contributed by atoms with van der Waals surface area (Å²) in [6.07, 6.45) is -1.34. The minimum atomic E-state index is -4.86. The molecule has 0 saturated carbocycles. The fourth-order valence-corrected chi connectivity index (χ4v) is 0. The molecule has 7 nitrogen and oxygen atoms in total. The Morgan fingerprint density at radius 2 is 1.50 bits per heavy atom. The average molecular weight is 224 g/mol. The zero-order valence-electron chi connectivity index (χ0n) is 6.30. The fraction of sp³-hybridized carbons (Fsp3) is 0.667. The Balaban J connectivity index is -0.000000126. The predicted molar refractivity (Wildman–Crippen MR) is 34.9 cm³/mol. The molecule has 0 bridgehead atoms. The molecule has 0 rings (SSSR count). The summed E-state index contributed by atoms with van der Waals surface area (Å²) >= 11 is 0. The Hall–Kier alpha value is 0.747. The van der Waals surface area contributed by atoms with Crippen LogP contribution in [0.2, 0.25) is 0 Å². The van der Waals surface area contributed by atoms with Crippen LogP contribution >= 0.6 is 0 Å². The van der Waals surface area contributed by atoms with Crippen molar-refractivity contribution in [2.45, 2.75) is 13.0 Å². The van der Waals surface area contributed by atoms with Gasteiger partial charge in [0.05, 0.1) is 12.1 Å². The van der Waals surface area contributed by atoms with E-state index in [9.17, 15) is 9.90 Å². The normalized spacial score (nSPS) is 11.8. The van der Waals surface area contributed by atoms with Crippen molar-refractivity contribution in [3.63, 3.8) is 0 Å². The molecule has 0 aliphatic rings. The van der Waals surface area contributed by atoms with Crippen molar-refractivity contribution in [1.82, 2.24) is 0 Å². The van der Waals surface area contributed by atoms with Crippen molar-refractivity contribution in [3.05, 3.63) is 0 Å². The number of carboxylic acid groups (broad SMARTS) is 1. The summed E-state index contributed by atoms with van der Waals surface area (Å²) in [7, 11) is -4.86. The van der Waals surface area contributed by atoms with E-state index < -0.39 is 21.1 Å². The molecular formula is C3H8CaO7Si. The molecule has 12 heavy (non-hydrogen) atoms. The van der Waals surface area contributed by atoms with Crippen molar-refractivity contribution < 1.29 is 34.2 Å². The van der Waals surface area contributed by atoms with Crippen LogP contribution in [0.25, 0.3) is 0 Å². The summed E-state index contributed by atoms with van der Waals surface area (Å²) < 4.78 is 0. The zero-order valence-corrected chi connectivity index (χ0v) is 9.51. The number of aliphatic hydroxyl groups excluding tert-OH is 1. The number of aliphatic hydroxyl groups is 1. The molecule has 0 radical (unpaired) electrons. The van der Waals surface area contributed by atoms with Crippen LogP contribution in [0.5, 0.6) is 0 Å². The van der Waals surface area contributed by atoms with Crippen molar-refractivity contribution in [2.24, 2.45) is 0 Å². The van der Waals surface area contributed by atoms with Crippen LogP contribution < -0.4 is 9.90 Å². The van der Waals surface area contributed by atoms with Gasteiger partial charge in [-0.3, -0.25) is 0 Å². The van der Waals surface area contributed by atoms with E-state index in [1.165, 1.54) is 0 Å². The first-order valence-electron chi connectivity index (χ1n) is 2.41. The molecule has 0 amide bonds. The van der Waals surface area contributed by atoms with Crippen LogP contribution in [-0.2, 0) is 4.79 Å². The zero-order chi connectivity index (χ0) is 9.65. The van der Waals surface area contributed by atoms with Crippen LogP contribution in [0.3, 0.4) is 0 Å². The average Bonchev–Trinajstić information content (AvgIpc) is 1.59. The summed E-state index contributed by atoms with van der Waals surface area (Å²) in [6, 6.07) is 0. The molecule has 68 valence electrons. The number of hydrogen-bond acceptors (Lipinski definition) is 7. The van der Waals surface area contributed by atoms with E-state index in [4.69, 9.17) is 24.3 Å². The van der Waals surface area contributed by atoms with Crippen molar-refractivity contribution in [3.8, 4) is 0 Å². The van der Waals surface area contributed by atoms with E-state index in [0.29, 0.717) is 0 Å². The molecule has 0 aromatic heterocycles. The smallest absolute Gasteiger partial charge is 0.794 e. The van der Waals surface area contributed by atoms with E-state index in [2.05, 4.69) is 0 Å². The van der Waals surface area contributed by atoms with E-state index in [1.807, 2.05) is 0 Å². The number of rotatable bonds is 1. The maximum absolute atomic E-state index is 9.34. The fourth-order valence-electron chi connectivity index (χ4n) is 0. The number of hydrogen-bond donors (Lipinski definition) is 4. The summed E-state index contributed by atoms with van der Waals surface area (Å²) in [5.41, 5.74) is 0. The second-order valence-electron chi connectivity index (χ2n) is 1.57. The second-order valence-corrected chi connectivity index (χ2v) is 2.72. The van der Waals surface area contributed by atoms with Gasteiger partial charge in [-0.25, -0.2) is 0 Å². The Labute approximate surface area is 99.4 Å². The van der Waals surface area contributed by atoms with Crippen LogP contribution in [0.4, 0.5) is 0 Å². The van der Waals surface area contributed by atoms with Gasteiger partial charge in [-0.2, -0.15) is 0 Å². The Morgan fingerprint density at radius 1 is 1.42 bits per heavy atom. The van der Waals surface area contributed by atoms with Gasteiger partial charge in [0.1, 0.15) is 0 Å². The number of aliphatic carboxylic acids is 1. The third-order valence-corrected chi connectivity index (χ3v) is 0.341. The van der Waals surface area contributed by atoms with Gasteiger partial charge < -0.3 is 34.2 Å². The minimum absolute atomic E-state index is 0. The first-order valence-corrected chi connectivity index (χ1v) is 4.16. The van der Waals surface area contributed by atoms with Gasteiger partial charge in [0.25, 0.3) is 0 Å². The first-order chi connectivity index (χ1) is 4.64. The third kappa shape index (κ3) is 45.3. The monoisotopic (exact) mass is 224 g/mol. The molecule has 0 aliphatic carbocycles. The molecule has 1 unspecified atom stereocenters. The van der Waals surface area contributed by atoms with Crippen molar-refractivity contribution in [2.75, 3.05) is 0 Å². The number of carboxylic acids is 1. The van der Waals surface area contributed by atoms with Gasteiger partial charge in [0.15, 0.2) is 0 Å². The largest absolute Gasteiger partial charge is 2.00 e. The Bertz CT molecular complexity index is 114. The quantitative estimate of drug-likeness (QED) is 0.325. The molecule has 4 N–H and O–H groups in total. The van der Waals surface area contributed by atoms with Gasteiger partial charge in [-0.05, 0) is 6.92 Å². The molecule has 9 heteroatoms. The molecule has 0 aliphatic heterocycles. The van der Waals surface area contributed by atoms with Crippen molar-refractivity contribution in [1.29, 1.82) is 0 Å². The van der Waals surface area contributed by atoms with Gasteiger partial charge in [0.2, 0.25) is 0 Å². The molecule has 0 aromatic carbocycles. The summed E-state index contributed by atoms with van der Waals surface area (Å²) in [5.74, 6) is -1.44. The molecule has 0 aromatic rings. The summed E-state index contributed by atoms with van der Waals surface area (Å²) in [5, 5.41) is 17.3. The Morgan fingerprint density at radius 3 is 1.50 bits per heavy atom. The minimum Gasteiger partial charge on any atom is -0.794 e. The van der Waals surface area contributed by atoms with Gasteiger partial charge in [-0.1, -0.05) is 0 Å². The second kappa shape index (κ2) is 8.35. The molecular weight excluding hydrogens is 216 g/mol. The number of carbonyl (C=O) groups excluding carboxylic acids is 1. The van der Waals surface area contributed by atoms with E-state index in [0.717, 1.165) is 6.92 Å². The SMILES string of the molecule is CC(O)C(=O)[O-].[Ca+2].[O-][Si](O)(O)O. The van der Waals surface area contributed by atoms with E-state index in [-0.39, 0.29) is 37.7 Å². The standard InChI is InChI=1S/C3H6O3.Ca.H3O4Si/c1-2(4)3(5)6;;1-5(2,3)4/h2,4H,1H3,(H,5,6);;1-3H/q;+2;-1/p-1. The number of carbonyl (C=O) groups is 1. The molecule has 1 atom stereocenters. The van der Waals surface area contributed by atoms with Crippen LogP contribution in [0, 0.1) is 0 Å². The molecule has 0 spiro atoms. The molecule has 0 fully saturated rings. The third-order valence-electron chi connectivity index (χ3n) is 0.341. The van der Waals surface area contributed by atoms with E-state index in [1.54, 1.807) is 0 Å². The van der Waals surface area contributed by atoms with Crippen LogP contribution in [0.1, 0.15) is 6.92 Å². The Kier molecular flexibility index (Phi) is 12.9. The topological polar surface area (TPSA) is 144 Å². The van der Waals surface area contributed by atoms with Crippen LogP contribution in [0.15, 0.2) is 0 Å². The van der Waals surface area contributed by atoms with Gasteiger partial charge in [-0.15, -0.1) is 0 Å². The van der Waals surface area contributed by atoms with Gasteiger partial charge >= 0.3 is 46.8 Å². The maximum Gasteiger partial charge on any atom is 2.00 e. The summed E-state index contributed by atoms with van der Waals surface area (Å²) in [6.45, 7) is 1.13. The molecule has 0 heterocycles. The van der Waals surface area contributed by atoms with Crippen LogP contribution in [-0.4, -0.2) is 78.4 Å². The first kappa shape index (κ1) is 18.5. The van der Waals surface area contributed by atoms with Gasteiger partial charge in [0, 0.05) is 0 Å². The summed E-state index contributed by atoms with van der Waals surface area (Å²) in [4.78, 5) is 39.9. The maximum atomic E-state index is 9.34.